The van der Waals surface area contributed by atoms with Gasteiger partial charge in [-0.25, -0.2) is 0 Å². The third kappa shape index (κ3) is 5.09. The van der Waals surface area contributed by atoms with Crippen LogP contribution >= 0.6 is 0 Å². The van der Waals surface area contributed by atoms with E-state index in [0.29, 0.717) is 11.4 Å². The molecule has 0 amide bonds. The summed E-state index contributed by atoms with van der Waals surface area (Å²) in [6, 6.07) is 14.7. The van der Waals surface area contributed by atoms with Crippen molar-refractivity contribution in [3.63, 3.8) is 0 Å². The van der Waals surface area contributed by atoms with E-state index < -0.39 is 0 Å². The zero-order valence-electron chi connectivity index (χ0n) is 13.8. The molecule has 3 aromatic carbocycles. The fraction of sp³-hybridized carbons (Fsp3) is 0. The number of aromatic hydroxyl groups is 2. The van der Waals surface area contributed by atoms with Crippen LogP contribution in [-0.4, -0.2) is 22.6 Å². The summed E-state index contributed by atoms with van der Waals surface area (Å²) in [6.07, 6.45) is 2.70. The van der Waals surface area contributed by atoms with Gasteiger partial charge in [-0.15, -0.1) is 0 Å². The third-order valence-corrected chi connectivity index (χ3v) is 3.55. The van der Waals surface area contributed by atoms with Crippen molar-refractivity contribution in [3.8, 4) is 23.0 Å². The van der Waals surface area contributed by atoms with Crippen LogP contribution in [0.2, 0.25) is 0 Å². The first-order chi connectivity index (χ1) is 12.5. The summed E-state index contributed by atoms with van der Waals surface area (Å²) in [5.41, 5.74) is 1.47. The van der Waals surface area contributed by atoms with E-state index in [4.69, 9.17) is 0 Å². The van der Waals surface area contributed by atoms with Crippen LogP contribution in [0.3, 0.4) is 0 Å². The van der Waals surface area contributed by atoms with Crippen molar-refractivity contribution >= 4 is 23.8 Å². The Morgan fingerprint density at radius 3 is 1.48 bits per heavy atom. The standard InChI is InChI=1S/C20H16N2O4.Ni/c23-15-5-7-19(25)13(9-15)11-21-17-3-1-2-4-18(17)22-12-14-10-16(24)6-8-20(14)26;/h1-12,23-26H;/q;+2/p-2. The van der Waals surface area contributed by atoms with Crippen LogP contribution in [0.25, 0.3) is 0 Å². The minimum atomic E-state index is -0.261. The van der Waals surface area contributed by atoms with Crippen molar-refractivity contribution < 1.29 is 36.9 Å². The molecule has 2 N–H and O–H groups in total. The van der Waals surface area contributed by atoms with Crippen LogP contribution < -0.4 is 10.2 Å². The van der Waals surface area contributed by atoms with Crippen LogP contribution in [-0.2, 0) is 16.5 Å². The van der Waals surface area contributed by atoms with Crippen LogP contribution in [0.1, 0.15) is 11.1 Å². The van der Waals surface area contributed by atoms with Gasteiger partial charge in [0.05, 0.1) is 11.4 Å². The van der Waals surface area contributed by atoms with E-state index in [1.165, 1.54) is 48.8 Å². The number of aliphatic imine (C=N–C) groups is 2. The summed E-state index contributed by atoms with van der Waals surface area (Å²) < 4.78 is 0. The summed E-state index contributed by atoms with van der Waals surface area (Å²) in [4.78, 5) is 8.51. The van der Waals surface area contributed by atoms with Crippen LogP contribution in [0.5, 0.6) is 23.0 Å². The summed E-state index contributed by atoms with van der Waals surface area (Å²) >= 11 is 0. The number of phenols is 2. The van der Waals surface area contributed by atoms with E-state index in [1.807, 2.05) is 0 Å². The first-order valence-electron chi connectivity index (χ1n) is 7.70. The molecule has 0 fully saturated rings. The number of nitrogens with zero attached hydrogens (tertiary/aromatic N) is 2. The van der Waals surface area contributed by atoms with Gasteiger partial charge >= 0.3 is 16.5 Å². The fourth-order valence-corrected chi connectivity index (χ4v) is 2.23. The Morgan fingerprint density at radius 1 is 0.667 bits per heavy atom. The molecule has 7 heteroatoms. The van der Waals surface area contributed by atoms with Gasteiger partial charge in [-0.3, -0.25) is 9.98 Å². The molecule has 0 unspecified atom stereocenters. The van der Waals surface area contributed by atoms with Gasteiger partial charge in [0.2, 0.25) is 0 Å². The second-order valence-electron chi connectivity index (χ2n) is 5.45. The Labute approximate surface area is 165 Å². The summed E-state index contributed by atoms with van der Waals surface area (Å²) in [6.45, 7) is 0. The van der Waals surface area contributed by atoms with Crippen molar-refractivity contribution in [1.82, 2.24) is 0 Å². The van der Waals surface area contributed by atoms with Gasteiger partial charge in [0.25, 0.3) is 0 Å². The van der Waals surface area contributed by atoms with Crippen molar-refractivity contribution in [3.05, 3.63) is 71.8 Å². The Bertz CT molecular complexity index is 923. The Morgan fingerprint density at radius 2 is 1.07 bits per heavy atom. The van der Waals surface area contributed by atoms with Gasteiger partial charge in [-0.1, -0.05) is 35.8 Å². The molecule has 138 valence electrons. The van der Waals surface area contributed by atoms with Crippen LogP contribution in [0.15, 0.2) is 70.6 Å². The normalized spacial score (nSPS) is 11.0. The molecule has 0 bridgehead atoms. The maximum absolute atomic E-state index is 11.8. The molecule has 0 aromatic heterocycles. The average molecular weight is 405 g/mol. The Balaban J connectivity index is 0.00000261. The Kier molecular flexibility index (Phi) is 6.58. The molecule has 0 aliphatic carbocycles. The number of benzene rings is 3. The molecule has 0 saturated carbocycles. The third-order valence-electron chi connectivity index (χ3n) is 3.55. The predicted octanol–water partition coefficient (Wildman–Crippen LogP) is 2.74. The first kappa shape index (κ1) is 20.0. The largest absolute Gasteiger partial charge is 2.00 e. The first-order valence-corrected chi connectivity index (χ1v) is 7.70. The van der Waals surface area contributed by atoms with Gasteiger partial charge in [0.1, 0.15) is 11.5 Å². The zero-order valence-corrected chi connectivity index (χ0v) is 14.8. The van der Waals surface area contributed by atoms with Gasteiger partial charge in [0.15, 0.2) is 0 Å². The van der Waals surface area contributed by atoms with E-state index >= 15 is 0 Å². The maximum Gasteiger partial charge on any atom is 2.00 e. The molecule has 0 spiro atoms. The number of hydrogen-bond acceptors (Lipinski definition) is 6. The molecule has 6 nitrogen and oxygen atoms in total. The second-order valence-corrected chi connectivity index (χ2v) is 5.45. The topological polar surface area (TPSA) is 111 Å². The molecule has 0 radical (unpaired) electrons. The molecule has 0 saturated heterocycles. The smallest absolute Gasteiger partial charge is 0.872 e. The summed E-state index contributed by atoms with van der Waals surface area (Å²) in [5, 5.41) is 42.5. The van der Waals surface area contributed by atoms with E-state index in [1.54, 1.807) is 24.3 Å². The van der Waals surface area contributed by atoms with Gasteiger partial charge in [0, 0.05) is 12.4 Å². The van der Waals surface area contributed by atoms with E-state index in [0.717, 1.165) is 0 Å². The zero-order chi connectivity index (χ0) is 18.5. The molecule has 3 aromatic rings. The van der Waals surface area contributed by atoms with E-state index in [9.17, 15) is 20.4 Å². The minimum absolute atomic E-state index is 0. The molecule has 0 aliphatic rings. The summed E-state index contributed by atoms with van der Waals surface area (Å²) in [7, 11) is 0. The number of hydrogen-bond donors (Lipinski definition) is 2. The van der Waals surface area contributed by atoms with E-state index in [-0.39, 0.29) is 50.6 Å². The van der Waals surface area contributed by atoms with Crippen molar-refractivity contribution in [2.45, 2.75) is 0 Å². The maximum atomic E-state index is 11.8. The van der Waals surface area contributed by atoms with Gasteiger partial charge < -0.3 is 20.4 Å². The average Bonchev–Trinajstić information content (AvgIpc) is 2.64. The monoisotopic (exact) mass is 404 g/mol. The van der Waals surface area contributed by atoms with Crippen LogP contribution in [0.4, 0.5) is 11.4 Å². The van der Waals surface area contributed by atoms with Gasteiger partial charge in [-0.05, 0) is 47.5 Å². The number of para-hydroxylation sites is 2. The van der Waals surface area contributed by atoms with Crippen molar-refractivity contribution in [2.75, 3.05) is 0 Å². The van der Waals surface area contributed by atoms with Crippen LogP contribution in [0, 0.1) is 0 Å². The summed E-state index contributed by atoms with van der Waals surface area (Å²) in [5.74, 6) is -0.569. The molecule has 27 heavy (non-hydrogen) atoms. The quantitative estimate of drug-likeness (QED) is 0.514. The molecular weight excluding hydrogens is 391 g/mol. The van der Waals surface area contributed by atoms with E-state index in [2.05, 4.69) is 9.98 Å². The molecular formula is C20H14N2NiO4. The molecule has 3 rings (SSSR count). The molecule has 0 atom stereocenters. The van der Waals surface area contributed by atoms with Crippen molar-refractivity contribution in [1.29, 1.82) is 0 Å². The molecule has 0 heterocycles. The number of phenolic OH excluding ortho intramolecular Hbond substituents is 2. The number of rotatable bonds is 4. The SMILES string of the molecule is [Ni+2].[O-]c1ccc(O)cc1C=Nc1ccccc1N=Cc1cc(O)ccc1[O-]. The van der Waals surface area contributed by atoms with Gasteiger partial charge in [-0.2, -0.15) is 0 Å². The van der Waals surface area contributed by atoms with Crippen molar-refractivity contribution in [2.24, 2.45) is 9.98 Å². The predicted molar refractivity (Wildman–Crippen MR) is 96.1 cm³/mol. The molecule has 0 aliphatic heterocycles. The fourth-order valence-electron chi connectivity index (χ4n) is 2.23. The second kappa shape index (κ2) is 8.87. The Hall–Kier alpha value is -3.31. The minimum Gasteiger partial charge on any atom is -0.872 e.